The molecule has 2 heterocycles. The van der Waals surface area contributed by atoms with Gasteiger partial charge >= 0.3 is 0 Å². The molecule has 4 N–H and O–H groups in total. The molecule has 0 amide bonds. The number of hydrogen-bond acceptors (Lipinski definition) is 6. The van der Waals surface area contributed by atoms with Crippen LogP contribution in [0.2, 0.25) is 0 Å². The third kappa shape index (κ3) is 9.79. The maximum absolute atomic E-state index is 14.2. The van der Waals surface area contributed by atoms with E-state index in [-0.39, 0.29) is 18.2 Å². The van der Waals surface area contributed by atoms with E-state index in [1.54, 1.807) is 6.07 Å². The van der Waals surface area contributed by atoms with Crippen molar-refractivity contribution in [1.29, 1.82) is 0 Å². The fourth-order valence-electron chi connectivity index (χ4n) is 7.79. The number of hydrogen-bond donors (Lipinski definition) is 3. The number of anilines is 2. The second kappa shape index (κ2) is 18.0. The van der Waals surface area contributed by atoms with Gasteiger partial charge in [0.25, 0.3) is 0 Å². The summed E-state index contributed by atoms with van der Waals surface area (Å²) in [5.41, 5.74) is 5.43. The minimum absolute atomic E-state index is 0. The lowest BCUT2D eigenvalue weighted by molar-refractivity contribution is -0.663. The van der Waals surface area contributed by atoms with Crippen LogP contribution in [0.25, 0.3) is 0 Å². The number of sulfone groups is 1. The molecular formula is C40H59ClN4O3S. The Kier molecular flexibility index (Phi) is 14.4. The van der Waals surface area contributed by atoms with Crippen molar-refractivity contribution in [3.05, 3.63) is 89.0 Å². The van der Waals surface area contributed by atoms with Crippen LogP contribution in [-0.4, -0.2) is 77.1 Å². The van der Waals surface area contributed by atoms with E-state index in [0.717, 1.165) is 49.0 Å². The molecule has 0 aromatic heterocycles. The normalized spacial score (nSPS) is 20.1. The molecule has 7 nitrogen and oxygen atoms in total. The predicted molar refractivity (Wildman–Crippen MR) is 199 cm³/mol. The largest absolute Gasteiger partial charge is 1.00 e. The smallest absolute Gasteiger partial charge is 0.179 e. The van der Waals surface area contributed by atoms with Crippen LogP contribution in [0.15, 0.2) is 71.6 Å². The molecule has 2 aliphatic rings. The minimum atomic E-state index is -3.63. The van der Waals surface area contributed by atoms with E-state index in [1.165, 1.54) is 50.3 Å². The van der Waals surface area contributed by atoms with E-state index >= 15 is 0 Å². The highest BCUT2D eigenvalue weighted by molar-refractivity contribution is 7.91. The molecule has 2 atom stereocenters. The summed E-state index contributed by atoms with van der Waals surface area (Å²) in [6, 6.07) is 22.9. The van der Waals surface area contributed by atoms with Crippen LogP contribution in [0.5, 0.6) is 0 Å². The van der Waals surface area contributed by atoms with E-state index < -0.39 is 27.3 Å². The number of benzene rings is 3. The van der Waals surface area contributed by atoms with E-state index in [0.29, 0.717) is 29.8 Å². The van der Waals surface area contributed by atoms with Crippen molar-refractivity contribution in [2.24, 2.45) is 5.41 Å². The number of nitrogens with two attached hydrogens (primary N) is 1. The number of rotatable bonds is 15. The maximum Gasteiger partial charge on any atom is 0.179 e. The van der Waals surface area contributed by atoms with Gasteiger partial charge in [-0.05, 0) is 84.8 Å². The van der Waals surface area contributed by atoms with Gasteiger partial charge in [-0.25, -0.2) is 8.42 Å². The SMILES string of the molecule is CCCCC1(CCCC)CS(=O)(=O)c2ccc(N(C)C)cc2[C@@H](c2cccc(NCc3ccc(CCCN4CC[NH2+]CC4)cc3)c2)[C@H]1O.[Cl-]. The molecule has 1 saturated heterocycles. The van der Waals surface area contributed by atoms with Crippen LogP contribution < -0.4 is 27.9 Å². The van der Waals surface area contributed by atoms with E-state index in [4.69, 9.17) is 0 Å². The van der Waals surface area contributed by atoms with E-state index in [2.05, 4.69) is 71.8 Å². The molecule has 0 radical (unpaired) electrons. The Morgan fingerprint density at radius 3 is 2.24 bits per heavy atom. The van der Waals surface area contributed by atoms with Crippen LogP contribution >= 0.6 is 0 Å². The Labute approximate surface area is 302 Å². The lowest BCUT2D eigenvalue weighted by atomic mass is 9.68. The monoisotopic (exact) mass is 710 g/mol. The fraction of sp³-hybridized carbons (Fsp3) is 0.550. The minimum Gasteiger partial charge on any atom is -1.00 e. The topological polar surface area (TPSA) is 89.5 Å². The molecule has 3 aromatic carbocycles. The molecule has 9 heteroatoms. The number of piperazine rings is 1. The summed E-state index contributed by atoms with van der Waals surface area (Å²) in [7, 11) is 0.305. The standard InChI is InChI=1S/C40H58N4O3S.ClH/c1-5-7-20-40(21-8-6-2)30-48(46,47)37-19-18-35(43(3)4)28-36(37)38(39(40)45)33-12-9-13-34(27-33)42-29-32-16-14-31(15-17-32)11-10-24-44-25-22-41-23-26-44;/h9,12-19,27-28,38-39,41-42,45H,5-8,10-11,20-26,29-30H2,1-4H3;1H/t38-,39-;/m1./s1. The second-order valence-corrected chi connectivity index (χ2v) is 16.4. The molecule has 49 heavy (non-hydrogen) atoms. The number of nitrogens with one attached hydrogen (secondary N) is 1. The Morgan fingerprint density at radius 2 is 1.59 bits per heavy atom. The van der Waals surface area contributed by atoms with Gasteiger partial charge in [0.1, 0.15) is 0 Å². The van der Waals surface area contributed by atoms with Crippen LogP contribution in [0.1, 0.15) is 87.0 Å². The Bertz CT molecular complexity index is 1570. The second-order valence-electron chi connectivity index (χ2n) is 14.5. The van der Waals surface area contributed by atoms with Crippen molar-refractivity contribution < 1.29 is 31.2 Å². The summed E-state index contributed by atoms with van der Waals surface area (Å²) >= 11 is 0. The summed E-state index contributed by atoms with van der Waals surface area (Å²) in [4.78, 5) is 4.94. The van der Waals surface area contributed by atoms with Crippen LogP contribution in [0.3, 0.4) is 0 Å². The number of nitrogens with zero attached hydrogens (tertiary/aromatic N) is 2. The van der Waals surface area contributed by atoms with Gasteiger partial charge in [-0.15, -0.1) is 0 Å². The third-order valence-corrected chi connectivity index (χ3v) is 12.7. The average molecular weight is 711 g/mol. The zero-order chi connectivity index (χ0) is 34.1. The molecule has 2 aliphatic heterocycles. The lowest BCUT2D eigenvalue weighted by Crippen LogP contribution is -3.00. The summed E-state index contributed by atoms with van der Waals surface area (Å²) in [5.74, 6) is -0.480. The molecule has 5 rings (SSSR count). The maximum atomic E-state index is 14.2. The summed E-state index contributed by atoms with van der Waals surface area (Å²) < 4.78 is 28.4. The van der Waals surface area contributed by atoms with Gasteiger partial charge in [0.2, 0.25) is 0 Å². The molecule has 270 valence electrons. The number of quaternary nitrogens is 1. The van der Waals surface area contributed by atoms with Crippen molar-refractivity contribution in [3.8, 4) is 0 Å². The van der Waals surface area contributed by atoms with Gasteiger partial charge in [-0.2, -0.15) is 0 Å². The van der Waals surface area contributed by atoms with Crippen LogP contribution in [0.4, 0.5) is 11.4 Å². The summed E-state index contributed by atoms with van der Waals surface area (Å²) in [6.07, 6.45) is 6.54. The number of unbranched alkanes of at least 4 members (excludes halogenated alkanes) is 2. The first-order chi connectivity index (χ1) is 23.2. The molecule has 0 bridgehead atoms. The van der Waals surface area contributed by atoms with Crippen LogP contribution in [-0.2, 0) is 22.8 Å². The summed E-state index contributed by atoms with van der Waals surface area (Å²) in [6.45, 7) is 11.0. The van der Waals surface area contributed by atoms with Crippen molar-refractivity contribution in [1.82, 2.24) is 4.90 Å². The highest BCUT2D eigenvalue weighted by atomic mass is 35.5. The van der Waals surface area contributed by atoms with Gasteiger partial charge in [-0.3, -0.25) is 4.90 Å². The third-order valence-electron chi connectivity index (χ3n) is 10.7. The zero-order valence-electron chi connectivity index (χ0n) is 30.1. The van der Waals surface area contributed by atoms with Gasteiger partial charge in [0.05, 0.1) is 29.8 Å². The molecular weight excluding hydrogens is 652 g/mol. The number of halogens is 1. The van der Waals surface area contributed by atoms with Crippen molar-refractivity contribution in [2.75, 3.05) is 62.8 Å². The Balaban J connectivity index is 0.00000541. The highest BCUT2D eigenvalue weighted by Crippen LogP contribution is 2.50. The number of aryl methyl sites for hydroxylation is 1. The highest BCUT2D eigenvalue weighted by Gasteiger charge is 2.49. The van der Waals surface area contributed by atoms with Gasteiger partial charge < -0.3 is 33.0 Å². The number of aliphatic hydroxyl groups excluding tert-OH is 1. The number of aliphatic hydroxyl groups is 1. The first-order valence-electron chi connectivity index (χ1n) is 18.3. The zero-order valence-corrected chi connectivity index (χ0v) is 31.7. The molecule has 0 unspecified atom stereocenters. The lowest BCUT2D eigenvalue weighted by Gasteiger charge is -2.40. The fourth-order valence-corrected chi connectivity index (χ4v) is 9.99. The quantitative estimate of drug-likeness (QED) is 0.225. The van der Waals surface area contributed by atoms with Gasteiger partial charge in [-0.1, -0.05) is 75.9 Å². The summed E-state index contributed by atoms with van der Waals surface area (Å²) in [5, 5.41) is 18.6. The molecule has 0 aliphatic carbocycles. The Hall–Kier alpha value is -2.62. The first kappa shape index (κ1) is 39.2. The van der Waals surface area contributed by atoms with Gasteiger partial charge in [0, 0.05) is 56.4 Å². The Morgan fingerprint density at radius 1 is 0.918 bits per heavy atom. The predicted octanol–water partition coefficient (Wildman–Crippen LogP) is 2.83. The average Bonchev–Trinajstić information content (AvgIpc) is 3.16. The molecule has 1 fully saturated rings. The van der Waals surface area contributed by atoms with Crippen LogP contribution in [0, 0.1) is 5.41 Å². The molecule has 3 aromatic rings. The van der Waals surface area contributed by atoms with E-state index in [9.17, 15) is 13.5 Å². The molecule has 0 saturated carbocycles. The van der Waals surface area contributed by atoms with Gasteiger partial charge in [0.15, 0.2) is 9.84 Å². The van der Waals surface area contributed by atoms with Crippen molar-refractivity contribution in [2.45, 2.75) is 88.7 Å². The van der Waals surface area contributed by atoms with E-state index in [1.807, 2.05) is 37.2 Å². The van der Waals surface area contributed by atoms with Crippen molar-refractivity contribution >= 4 is 21.2 Å². The van der Waals surface area contributed by atoms with Crippen molar-refractivity contribution in [3.63, 3.8) is 0 Å². The first-order valence-corrected chi connectivity index (χ1v) is 20.0. The molecule has 0 spiro atoms. The number of fused-ring (bicyclic) bond motifs is 1.